The first-order valence-corrected chi connectivity index (χ1v) is 9.08. The number of hydrogen-bond acceptors (Lipinski definition) is 4. The zero-order valence-electron chi connectivity index (χ0n) is 13.0. The Hall–Kier alpha value is -1.53. The second-order valence-electron chi connectivity index (χ2n) is 5.58. The number of carbonyl (C=O) groups is 1. The van der Waals surface area contributed by atoms with Crippen LogP contribution >= 0.6 is 23.4 Å². The Labute approximate surface area is 145 Å². The molecule has 0 spiro atoms. The Morgan fingerprint density at radius 2 is 1.96 bits per heavy atom. The normalized spacial score (nSPS) is 15.0. The molecule has 2 heterocycles. The molecule has 2 aromatic rings. The molecular formula is C16H19ClN4OS. The summed E-state index contributed by atoms with van der Waals surface area (Å²) < 4.78 is 1.88. The second kappa shape index (κ2) is 7.36. The number of halogens is 1. The lowest BCUT2D eigenvalue weighted by Crippen LogP contribution is -2.36. The van der Waals surface area contributed by atoms with Gasteiger partial charge in [0.2, 0.25) is 5.91 Å². The van der Waals surface area contributed by atoms with Crippen LogP contribution < -0.4 is 0 Å². The van der Waals surface area contributed by atoms with Gasteiger partial charge in [-0.25, -0.2) is 0 Å². The van der Waals surface area contributed by atoms with Crippen LogP contribution in [0, 0.1) is 0 Å². The van der Waals surface area contributed by atoms with E-state index in [0.717, 1.165) is 36.7 Å². The fourth-order valence-electron chi connectivity index (χ4n) is 2.68. The first kappa shape index (κ1) is 16.3. The summed E-state index contributed by atoms with van der Waals surface area (Å²) in [5.74, 6) is 1.29. The minimum absolute atomic E-state index is 0.178. The Bertz CT molecular complexity index is 697. The average molecular weight is 351 g/mol. The van der Waals surface area contributed by atoms with E-state index in [2.05, 4.69) is 10.2 Å². The average Bonchev–Trinajstić information content (AvgIpc) is 2.94. The summed E-state index contributed by atoms with van der Waals surface area (Å²) in [5.41, 5.74) is 0.846. The Kier molecular flexibility index (Phi) is 5.23. The molecule has 0 bridgehead atoms. The third-order valence-electron chi connectivity index (χ3n) is 3.98. The van der Waals surface area contributed by atoms with E-state index >= 15 is 0 Å². The molecule has 0 atom stereocenters. The minimum Gasteiger partial charge on any atom is -0.342 e. The summed E-state index contributed by atoms with van der Waals surface area (Å²) in [7, 11) is 1.90. The van der Waals surface area contributed by atoms with Crippen LogP contribution in [0.5, 0.6) is 0 Å². The largest absolute Gasteiger partial charge is 0.342 e. The van der Waals surface area contributed by atoms with Crippen LogP contribution in [0.3, 0.4) is 0 Å². The number of aromatic nitrogens is 3. The van der Waals surface area contributed by atoms with E-state index in [4.69, 9.17) is 11.6 Å². The van der Waals surface area contributed by atoms with E-state index in [1.807, 2.05) is 40.8 Å². The van der Waals surface area contributed by atoms with Crippen LogP contribution in [0.15, 0.2) is 29.4 Å². The fourth-order valence-corrected chi connectivity index (χ4v) is 3.71. The van der Waals surface area contributed by atoms with Crippen molar-refractivity contribution in [3.63, 3.8) is 0 Å². The van der Waals surface area contributed by atoms with E-state index in [0.29, 0.717) is 16.6 Å². The summed E-state index contributed by atoms with van der Waals surface area (Å²) in [4.78, 5) is 14.2. The molecule has 122 valence electrons. The molecule has 0 N–H and O–H groups in total. The summed E-state index contributed by atoms with van der Waals surface area (Å²) in [6, 6.07) is 7.55. The number of hydrogen-bond donors (Lipinski definition) is 0. The van der Waals surface area contributed by atoms with Crippen molar-refractivity contribution in [2.45, 2.75) is 24.4 Å². The third-order valence-corrected chi connectivity index (χ3v) is 5.32. The highest BCUT2D eigenvalue weighted by Crippen LogP contribution is 2.28. The van der Waals surface area contributed by atoms with Gasteiger partial charge in [0.05, 0.1) is 10.8 Å². The van der Waals surface area contributed by atoms with Crippen molar-refractivity contribution in [1.82, 2.24) is 19.7 Å². The molecule has 23 heavy (non-hydrogen) atoms. The molecule has 0 radical (unpaired) electrons. The maximum atomic E-state index is 12.2. The number of piperidine rings is 1. The van der Waals surface area contributed by atoms with Gasteiger partial charge in [-0.2, -0.15) is 0 Å². The molecule has 1 aromatic carbocycles. The third kappa shape index (κ3) is 3.70. The van der Waals surface area contributed by atoms with Crippen LogP contribution in [0.1, 0.15) is 19.3 Å². The number of amides is 1. The van der Waals surface area contributed by atoms with Gasteiger partial charge in [-0.3, -0.25) is 4.79 Å². The monoisotopic (exact) mass is 350 g/mol. The second-order valence-corrected chi connectivity index (χ2v) is 6.92. The van der Waals surface area contributed by atoms with Crippen molar-refractivity contribution < 1.29 is 4.79 Å². The van der Waals surface area contributed by atoms with Crippen molar-refractivity contribution in [2.75, 3.05) is 18.8 Å². The summed E-state index contributed by atoms with van der Waals surface area (Å²) >= 11 is 7.65. The SMILES string of the molecule is Cn1c(SCC(=O)N2CCCCC2)nnc1-c1ccccc1Cl. The molecule has 1 aromatic heterocycles. The summed E-state index contributed by atoms with van der Waals surface area (Å²) in [6.45, 7) is 1.76. The molecule has 1 aliphatic rings. The number of thioether (sulfide) groups is 1. The van der Waals surface area contributed by atoms with Gasteiger partial charge in [0, 0.05) is 25.7 Å². The summed E-state index contributed by atoms with van der Waals surface area (Å²) in [5, 5.41) is 9.79. The van der Waals surface area contributed by atoms with Gasteiger partial charge in [-0.15, -0.1) is 10.2 Å². The molecule has 1 fully saturated rings. The molecule has 0 saturated carbocycles. The first-order valence-electron chi connectivity index (χ1n) is 7.71. The van der Waals surface area contributed by atoms with E-state index < -0.39 is 0 Å². The molecule has 0 aliphatic carbocycles. The van der Waals surface area contributed by atoms with Crippen LogP contribution in [0.2, 0.25) is 5.02 Å². The van der Waals surface area contributed by atoms with Gasteiger partial charge in [0.25, 0.3) is 0 Å². The highest BCUT2D eigenvalue weighted by atomic mass is 35.5. The van der Waals surface area contributed by atoms with Crippen molar-refractivity contribution in [1.29, 1.82) is 0 Å². The van der Waals surface area contributed by atoms with Gasteiger partial charge in [-0.1, -0.05) is 35.5 Å². The zero-order chi connectivity index (χ0) is 16.2. The van der Waals surface area contributed by atoms with Crippen molar-refractivity contribution in [3.8, 4) is 11.4 Å². The van der Waals surface area contributed by atoms with Crippen LogP contribution in [0.25, 0.3) is 11.4 Å². The summed E-state index contributed by atoms with van der Waals surface area (Å²) in [6.07, 6.45) is 3.44. The Balaban J connectivity index is 1.68. The lowest BCUT2D eigenvalue weighted by Gasteiger charge is -2.26. The molecule has 1 amide bonds. The fraction of sp³-hybridized carbons (Fsp3) is 0.438. The highest BCUT2D eigenvalue weighted by molar-refractivity contribution is 7.99. The molecular weight excluding hydrogens is 332 g/mol. The number of nitrogens with zero attached hydrogens (tertiary/aromatic N) is 4. The molecule has 1 aliphatic heterocycles. The van der Waals surface area contributed by atoms with Crippen LogP contribution in [0.4, 0.5) is 0 Å². The predicted molar refractivity (Wildman–Crippen MR) is 92.6 cm³/mol. The van der Waals surface area contributed by atoms with Crippen molar-refractivity contribution in [3.05, 3.63) is 29.3 Å². The van der Waals surface area contributed by atoms with E-state index in [-0.39, 0.29) is 5.91 Å². The van der Waals surface area contributed by atoms with E-state index in [1.165, 1.54) is 18.2 Å². The van der Waals surface area contributed by atoms with Gasteiger partial charge in [0.15, 0.2) is 11.0 Å². The number of carbonyl (C=O) groups excluding carboxylic acids is 1. The number of likely N-dealkylation sites (tertiary alicyclic amines) is 1. The van der Waals surface area contributed by atoms with Gasteiger partial charge in [-0.05, 0) is 31.4 Å². The molecule has 1 saturated heterocycles. The smallest absolute Gasteiger partial charge is 0.233 e. The quantitative estimate of drug-likeness (QED) is 0.794. The van der Waals surface area contributed by atoms with E-state index in [9.17, 15) is 4.79 Å². The maximum absolute atomic E-state index is 12.2. The standard InChI is InChI=1S/C16H19ClN4OS/c1-20-15(12-7-3-4-8-13(12)17)18-19-16(20)23-11-14(22)21-9-5-2-6-10-21/h3-4,7-8H,2,5-6,9-11H2,1H3. The molecule has 5 nitrogen and oxygen atoms in total. The number of benzene rings is 1. The van der Waals surface area contributed by atoms with Crippen molar-refractivity contribution in [2.24, 2.45) is 7.05 Å². The number of rotatable bonds is 4. The minimum atomic E-state index is 0.178. The zero-order valence-corrected chi connectivity index (χ0v) is 14.6. The Morgan fingerprint density at radius 3 is 2.70 bits per heavy atom. The predicted octanol–water partition coefficient (Wildman–Crippen LogP) is 3.24. The maximum Gasteiger partial charge on any atom is 0.233 e. The van der Waals surface area contributed by atoms with Gasteiger partial charge < -0.3 is 9.47 Å². The lowest BCUT2D eigenvalue weighted by molar-refractivity contribution is -0.129. The molecule has 3 rings (SSSR count). The van der Waals surface area contributed by atoms with Gasteiger partial charge in [0.1, 0.15) is 0 Å². The molecule has 7 heteroatoms. The molecule has 0 unspecified atom stereocenters. The highest BCUT2D eigenvalue weighted by Gasteiger charge is 2.19. The van der Waals surface area contributed by atoms with Crippen LogP contribution in [-0.2, 0) is 11.8 Å². The van der Waals surface area contributed by atoms with Crippen LogP contribution in [-0.4, -0.2) is 44.4 Å². The Morgan fingerprint density at radius 1 is 1.22 bits per heavy atom. The van der Waals surface area contributed by atoms with E-state index in [1.54, 1.807) is 0 Å². The van der Waals surface area contributed by atoms with Gasteiger partial charge >= 0.3 is 0 Å². The topological polar surface area (TPSA) is 51.0 Å². The first-order chi connectivity index (χ1) is 11.2. The van der Waals surface area contributed by atoms with Crippen molar-refractivity contribution >= 4 is 29.3 Å². The lowest BCUT2D eigenvalue weighted by atomic mass is 10.1.